The second-order valence-electron chi connectivity index (χ2n) is 9.04. The summed E-state index contributed by atoms with van der Waals surface area (Å²) < 4.78 is 18.5. The molecule has 2 saturated heterocycles. The molecule has 7 nitrogen and oxygen atoms in total. The number of halogens is 1. The van der Waals surface area contributed by atoms with Gasteiger partial charge in [-0.25, -0.2) is 14.1 Å². The van der Waals surface area contributed by atoms with Gasteiger partial charge in [-0.05, 0) is 42.0 Å². The molecule has 32 heavy (non-hydrogen) atoms. The van der Waals surface area contributed by atoms with Crippen LogP contribution in [0, 0.1) is 11.2 Å². The first-order chi connectivity index (χ1) is 15.2. The Morgan fingerprint density at radius 2 is 1.72 bits per heavy atom. The van der Waals surface area contributed by atoms with Gasteiger partial charge in [0, 0.05) is 18.5 Å². The number of urea groups is 1. The number of methoxy groups -OCH3 is 1. The van der Waals surface area contributed by atoms with Gasteiger partial charge >= 0.3 is 6.03 Å². The summed E-state index contributed by atoms with van der Waals surface area (Å²) >= 11 is 0. The summed E-state index contributed by atoms with van der Waals surface area (Å²) in [5, 5.41) is 0. The van der Waals surface area contributed by atoms with E-state index in [-0.39, 0.29) is 18.9 Å². The van der Waals surface area contributed by atoms with Gasteiger partial charge in [0.2, 0.25) is 5.91 Å². The van der Waals surface area contributed by atoms with Gasteiger partial charge in [0.25, 0.3) is 5.91 Å². The van der Waals surface area contributed by atoms with E-state index < -0.39 is 29.2 Å². The third-order valence-electron chi connectivity index (χ3n) is 5.88. The fourth-order valence-corrected chi connectivity index (χ4v) is 4.34. The Kier molecular flexibility index (Phi) is 5.62. The van der Waals surface area contributed by atoms with Gasteiger partial charge in [-0.1, -0.05) is 26.0 Å². The monoisotopic (exact) mass is 439 g/mol. The fraction of sp³-hybridized carbons (Fsp3) is 0.375. The molecule has 168 valence electrons. The second-order valence-corrected chi connectivity index (χ2v) is 9.04. The minimum absolute atomic E-state index is 0.106. The zero-order valence-corrected chi connectivity index (χ0v) is 18.4. The Balaban J connectivity index is 1.57. The number of benzene rings is 2. The number of carbonyl (C=O) groups excluding carboxylic acids is 3. The highest BCUT2D eigenvalue weighted by molar-refractivity contribution is 6.21. The number of ether oxygens (including phenoxy) is 1. The maximum Gasteiger partial charge on any atom is 0.332 e. The van der Waals surface area contributed by atoms with E-state index in [1.165, 1.54) is 29.2 Å². The Labute approximate surface area is 186 Å². The van der Waals surface area contributed by atoms with Crippen LogP contribution in [-0.4, -0.2) is 60.4 Å². The molecule has 1 atom stereocenters. The van der Waals surface area contributed by atoms with E-state index in [9.17, 15) is 18.8 Å². The van der Waals surface area contributed by atoms with E-state index in [1.54, 1.807) is 24.1 Å². The fourth-order valence-electron chi connectivity index (χ4n) is 4.34. The normalized spacial score (nSPS) is 20.2. The SMILES string of the molecule is COc1ccc(CC(=O)N2CC3C(=O)N(c4ccc(F)cc4)C(=O)N3CC(C)(C)C2)cc1. The summed E-state index contributed by atoms with van der Waals surface area (Å²) in [4.78, 5) is 43.8. The van der Waals surface area contributed by atoms with E-state index in [4.69, 9.17) is 4.74 Å². The third kappa shape index (κ3) is 4.17. The Morgan fingerprint density at radius 3 is 2.34 bits per heavy atom. The number of amides is 4. The van der Waals surface area contributed by atoms with Crippen molar-refractivity contribution in [2.75, 3.05) is 31.6 Å². The number of fused-ring (bicyclic) bond motifs is 1. The molecule has 2 aromatic rings. The summed E-state index contributed by atoms with van der Waals surface area (Å²) in [5.74, 6) is -0.241. The molecule has 2 aromatic carbocycles. The minimum Gasteiger partial charge on any atom is -0.497 e. The van der Waals surface area contributed by atoms with E-state index >= 15 is 0 Å². The van der Waals surface area contributed by atoms with Gasteiger partial charge in [-0.3, -0.25) is 9.59 Å². The van der Waals surface area contributed by atoms with Gasteiger partial charge in [0.15, 0.2) is 0 Å². The van der Waals surface area contributed by atoms with Gasteiger partial charge in [-0.15, -0.1) is 0 Å². The number of nitrogens with zero attached hydrogens (tertiary/aromatic N) is 3. The van der Waals surface area contributed by atoms with Crippen LogP contribution in [0.2, 0.25) is 0 Å². The molecule has 0 aromatic heterocycles. The average Bonchev–Trinajstić information content (AvgIpc) is 2.89. The smallest absolute Gasteiger partial charge is 0.332 e. The Hall–Kier alpha value is -3.42. The lowest BCUT2D eigenvalue weighted by Gasteiger charge is -2.30. The summed E-state index contributed by atoms with van der Waals surface area (Å²) in [6, 6.07) is 11.3. The van der Waals surface area contributed by atoms with E-state index in [2.05, 4.69) is 0 Å². The second kappa shape index (κ2) is 8.26. The molecule has 2 fully saturated rings. The first kappa shape index (κ1) is 21.8. The van der Waals surface area contributed by atoms with Crippen molar-refractivity contribution in [2.24, 2.45) is 5.41 Å². The van der Waals surface area contributed by atoms with Crippen molar-refractivity contribution in [3.05, 3.63) is 59.9 Å². The first-order valence-electron chi connectivity index (χ1n) is 10.5. The van der Waals surface area contributed by atoms with Crippen molar-refractivity contribution >= 4 is 23.5 Å². The molecule has 0 N–H and O–H groups in total. The van der Waals surface area contributed by atoms with Crippen LogP contribution in [0.1, 0.15) is 19.4 Å². The van der Waals surface area contributed by atoms with Gasteiger partial charge in [0.05, 0.1) is 25.8 Å². The summed E-state index contributed by atoms with van der Waals surface area (Å²) in [7, 11) is 1.58. The van der Waals surface area contributed by atoms with Crippen LogP contribution in [0.3, 0.4) is 0 Å². The van der Waals surface area contributed by atoms with Crippen molar-refractivity contribution in [1.29, 1.82) is 0 Å². The molecular formula is C24H26FN3O4. The molecule has 2 heterocycles. The number of hydrogen-bond acceptors (Lipinski definition) is 4. The van der Waals surface area contributed by atoms with Crippen molar-refractivity contribution in [3.8, 4) is 5.75 Å². The maximum absolute atomic E-state index is 13.3. The highest BCUT2D eigenvalue weighted by Crippen LogP contribution is 2.32. The maximum atomic E-state index is 13.3. The molecule has 1 unspecified atom stereocenters. The summed E-state index contributed by atoms with van der Waals surface area (Å²) in [6.45, 7) is 4.85. The van der Waals surface area contributed by atoms with Crippen LogP contribution in [-0.2, 0) is 16.0 Å². The molecule has 4 amide bonds. The molecule has 2 aliphatic heterocycles. The standard InChI is InChI=1S/C24H26FN3O4/c1-24(2)14-26(21(29)12-16-4-10-19(32-3)11-5-16)13-20-22(30)28(23(31)27(20)15-24)18-8-6-17(25)7-9-18/h4-11,20H,12-15H2,1-3H3. The molecule has 0 aliphatic carbocycles. The lowest BCUT2D eigenvalue weighted by atomic mass is 9.92. The Morgan fingerprint density at radius 1 is 1.06 bits per heavy atom. The number of anilines is 1. The number of imide groups is 1. The van der Waals surface area contributed by atoms with E-state index in [0.29, 0.717) is 24.5 Å². The molecule has 0 spiro atoms. The zero-order chi connectivity index (χ0) is 23.0. The van der Waals surface area contributed by atoms with Gasteiger partial charge in [0.1, 0.15) is 17.6 Å². The molecule has 0 saturated carbocycles. The van der Waals surface area contributed by atoms with E-state index in [1.807, 2.05) is 26.0 Å². The average molecular weight is 439 g/mol. The third-order valence-corrected chi connectivity index (χ3v) is 5.88. The van der Waals surface area contributed by atoms with Crippen molar-refractivity contribution in [2.45, 2.75) is 26.3 Å². The van der Waals surface area contributed by atoms with Gasteiger partial charge in [-0.2, -0.15) is 0 Å². The van der Waals surface area contributed by atoms with Crippen molar-refractivity contribution in [1.82, 2.24) is 9.80 Å². The minimum atomic E-state index is -0.769. The van der Waals surface area contributed by atoms with Crippen molar-refractivity contribution < 1.29 is 23.5 Å². The lowest BCUT2D eigenvalue weighted by molar-refractivity contribution is -0.132. The topological polar surface area (TPSA) is 70.2 Å². The summed E-state index contributed by atoms with van der Waals surface area (Å²) in [5.41, 5.74) is 0.763. The van der Waals surface area contributed by atoms with Gasteiger partial charge < -0.3 is 14.5 Å². The first-order valence-corrected chi connectivity index (χ1v) is 10.5. The molecule has 0 bridgehead atoms. The van der Waals surface area contributed by atoms with Crippen LogP contribution in [0.25, 0.3) is 0 Å². The summed E-state index contributed by atoms with van der Waals surface area (Å²) in [6.07, 6.45) is 0.191. The predicted molar refractivity (Wildman–Crippen MR) is 117 cm³/mol. The zero-order valence-electron chi connectivity index (χ0n) is 18.4. The molecule has 0 radical (unpaired) electrons. The largest absolute Gasteiger partial charge is 0.497 e. The molecule has 4 rings (SSSR count). The van der Waals surface area contributed by atoms with Crippen LogP contribution in [0.15, 0.2) is 48.5 Å². The quantitative estimate of drug-likeness (QED) is 0.687. The predicted octanol–water partition coefficient (Wildman–Crippen LogP) is 3.08. The van der Waals surface area contributed by atoms with Crippen LogP contribution in [0.4, 0.5) is 14.9 Å². The Bertz CT molecular complexity index is 1040. The number of hydrogen-bond donors (Lipinski definition) is 0. The highest BCUT2D eigenvalue weighted by Gasteiger charge is 2.50. The number of carbonyl (C=O) groups is 3. The van der Waals surface area contributed by atoms with Crippen LogP contribution >= 0.6 is 0 Å². The lowest BCUT2D eigenvalue weighted by Crippen LogP contribution is -2.44. The van der Waals surface area contributed by atoms with Crippen LogP contribution < -0.4 is 9.64 Å². The molecule has 2 aliphatic rings. The molecule has 8 heteroatoms. The van der Waals surface area contributed by atoms with Crippen molar-refractivity contribution in [3.63, 3.8) is 0 Å². The number of rotatable bonds is 4. The highest BCUT2D eigenvalue weighted by atomic mass is 19.1. The van der Waals surface area contributed by atoms with Crippen LogP contribution in [0.5, 0.6) is 5.75 Å². The van der Waals surface area contributed by atoms with E-state index in [0.717, 1.165) is 10.5 Å². The molecular weight excluding hydrogens is 413 g/mol.